The number of piperidine rings is 2. The highest BCUT2D eigenvalue weighted by Gasteiger charge is 2.32. The summed E-state index contributed by atoms with van der Waals surface area (Å²) in [4.78, 5) is 21.6. The van der Waals surface area contributed by atoms with Crippen molar-refractivity contribution in [2.24, 2.45) is 5.92 Å². The largest absolute Gasteiger partial charge is 0.342 e. The van der Waals surface area contributed by atoms with Crippen LogP contribution in [0.5, 0.6) is 0 Å². The van der Waals surface area contributed by atoms with Gasteiger partial charge in [-0.3, -0.25) is 9.69 Å². The van der Waals surface area contributed by atoms with Crippen LogP contribution in [0.4, 0.5) is 0 Å². The van der Waals surface area contributed by atoms with Crippen LogP contribution >= 0.6 is 0 Å². The Hall–Kier alpha value is -1.43. The monoisotopic (exact) mass is 334 g/mol. The predicted molar refractivity (Wildman–Crippen MR) is 91.5 cm³/mol. The minimum atomic E-state index is 0.121. The fourth-order valence-electron chi connectivity index (χ4n) is 3.71. The van der Waals surface area contributed by atoms with Gasteiger partial charge in [-0.2, -0.15) is 4.98 Å². The minimum absolute atomic E-state index is 0.121. The third-order valence-electron chi connectivity index (χ3n) is 5.43. The summed E-state index contributed by atoms with van der Waals surface area (Å²) < 4.78 is 5.43. The minimum Gasteiger partial charge on any atom is -0.342 e. The van der Waals surface area contributed by atoms with Crippen LogP contribution in [0.25, 0.3) is 0 Å². The van der Waals surface area contributed by atoms with Gasteiger partial charge in [0.25, 0.3) is 0 Å². The Morgan fingerprint density at radius 3 is 2.33 bits per heavy atom. The molecule has 3 rings (SSSR count). The van der Waals surface area contributed by atoms with E-state index in [0.717, 1.165) is 57.7 Å². The molecule has 1 atom stereocenters. The fraction of sp³-hybridized carbons (Fsp3) is 0.833. The first kappa shape index (κ1) is 17.4. The molecule has 6 heteroatoms. The van der Waals surface area contributed by atoms with Crippen molar-refractivity contribution in [2.75, 3.05) is 26.2 Å². The molecule has 6 nitrogen and oxygen atoms in total. The van der Waals surface area contributed by atoms with Crippen molar-refractivity contribution in [1.29, 1.82) is 0 Å². The first-order valence-electron chi connectivity index (χ1n) is 9.42. The zero-order valence-electron chi connectivity index (χ0n) is 15.2. The van der Waals surface area contributed by atoms with E-state index in [1.807, 2.05) is 0 Å². The topological polar surface area (TPSA) is 62.5 Å². The summed E-state index contributed by atoms with van der Waals surface area (Å²) in [6.45, 7) is 10.00. The van der Waals surface area contributed by atoms with Gasteiger partial charge in [0.2, 0.25) is 11.8 Å². The maximum Gasteiger partial charge on any atom is 0.243 e. The molecule has 2 aliphatic rings. The van der Waals surface area contributed by atoms with Crippen LogP contribution < -0.4 is 0 Å². The number of carbonyl (C=O) groups excluding carboxylic acids is 1. The zero-order chi connectivity index (χ0) is 17.1. The second-order valence-electron chi connectivity index (χ2n) is 7.52. The highest BCUT2D eigenvalue weighted by molar-refractivity contribution is 5.79. The second-order valence-corrected chi connectivity index (χ2v) is 7.52. The van der Waals surface area contributed by atoms with Crippen molar-refractivity contribution < 1.29 is 9.32 Å². The van der Waals surface area contributed by atoms with Gasteiger partial charge in [0.1, 0.15) is 0 Å². The van der Waals surface area contributed by atoms with Crippen LogP contribution in [-0.2, 0) is 4.79 Å². The molecule has 0 aromatic carbocycles. The summed E-state index contributed by atoms with van der Waals surface area (Å²) in [6.07, 6.45) is 5.46. The SMILES string of the molecule is CC(C)c1noc(C(C)N2CCC(C(=O)N3CCCCC3)CC2)n1. The highest BCUT2D eigenvalue weighted by atomic mass is 16.5. The van der Waals surface area contributed by atoms with E-state index in [1.165, 1.54) is 6.42 Å². The first-order valence-corrected chi connectivity index (χ1v) is 9.42. The number of amides is 1. The predicted octanol–water partition coefficient (Wildman–Crippen LogP) is 2.98. The van der Waals surface area contributed by atoms with E-state index in [1.54, 1.807) is 0 Å². The summed E-state index contributed by atoms with van der Waals surface area (Å²) in [7, 11) is 0. The van der Waals surface area contributed by atoms with Gasteiger partial charge in [-0.1, -0.05) is 19.0 Å². The molecular formula is C18H30N4O2. The van der Waals surface area contributed by atoms with E-state index in [-0.39, 0.29) is 17.9 Å². The zero-order valence-corrected chi connectivity index (χ0v) is 15.2. The Labute approximate surface area is 144 Å². The summed E-state index contributed by atoms with van der Waals surface area (Å²) in [5.74, 6) is 2.32. The fourth-order valence-corrected chi connectivity index (χ4v) is 3.71. The number of carbonyl (C=O) groups is 1. The molecule has 24 heavy (non-hydrogen) atoms. The summed E-state index contributed by atoms with van der Waals surface area (Å²) in [5.41, 5.74) is 0. The van der Waals surface area contributed by atoms with E-state index < -0.39 is 0 Å². The third-order valence-corrected chi connectivity index (χ3v) is 5.43. The second kappa shape index (κ2) is 7.64. The molecule has 0 radical (unpaired) electrons. The summed E-state index contributed by atoms with van der Waals surface area (Å²) in [6, 6.07) is 0.121. The Kier molecular flexibility index (Phi) is 5.54. The Bertz CT molecular complexity index is 543. The number of hydrogen-bond acceptors (Lipinski definition) is 5. The van der Waals surface area contributed by atoms with Gasteiger partial charge < -0.3 is 9.42 Å². The van der Waals surface area contributed by atoms with Crippen LogP contribution in [0.2, 0.25) is 0 Å². The highest BCUT2D eigenvalue weighted by Crippen LogP contribution is 2.28. The van der Waals surface area contributed by atoms with Gasteiger partial charge in [-0.25, -0.2) is 0 Å². The average Bonchev–Trinajstić information content (AvgIpc) is 3.12. The molecule has 1 amide bonds. The van der Waals surface area contributed by atoms with Crippen molar-refractivity contribution in [2.45, 2.75) is 64.8 Å². The van der Waals surface area contributed by atoms with Gasteiger partial charge >= 0.3 is 0 Å². The van der Waals surface area contributed by atoms with Crippen molar-refractivity contribution in [3.05, 3.63) is 11.7 Å². The summed E-state index contributed by atoms with van der Waals surface area (Å²) >= 11 is 0. The molecule has 0 aliphatic carbocycles. The molecule has 2 aliphatic heterocycles. The van der Waals surface area contributed by atoms with E-state index >= 15 is 0 Å². The van der Waals surface area contributed by atoms with Crippen LogP contribution in [0.1, 0.15) is 76.6 Å². The lowest BCUT2D eigenvalue weighted by Gasteiger charge is -2.37. The Morgan fingerprint density at radius 2 is 1.75 bits per heavy atom. The molecule has 0 bridgehead atoms. The number of nitrogens with zero attached hydrogens (tertiary/aromatic N) is 4. The Morgan fingerprint density at radius 1 is 1.08 bits per heavy atom. The molecule has 1 aromatic rings. The number of aromatic nitrogens is 2. The van der Waals surface area contributed by atoms with Gasteiger partial charge in [0, 0.05) is 24.9 Å². The van der Waals surface area contributed by atoms with Crippen molar-refractivity contribution >= 4 is 5.91 Å². The molecule has 2 fully saturated rings. The average molecular weight is 334 g/mol. The van der Waals surface area contributed by atoms with Crippen LogP contribution in [-0.4, -0.2) is 52.0 Å². The van der Waals surface area contributed by atoms with Crippen LogP contribution in [0, 0.1) is 5.92 Å². The molecule has 0 N–H and O–H groups in total. The number of rotatable bonds is 4. The molecule has 3 heterocycles. The maximum absolute atomic E-state index is 12.6. The van der Waals surface area contributed by atoms with Gasteiger partial charge in [-0.05, 0) is 52.1 Å². The van der Waals surface area contributed by atoms with Crippen LogP contribution in [0.3, 0.4) is 0 Å². The molecule has 1 aromatic heterocycles. The van der Waals surface area contributed by atoms with Gasteiger partial charge in [0.15, 0.2) is 5.82 Å². The van der Waals surface area contributed by atoms with E-state index in [0.29, 0.717) is 11.8 Å². The molecule has 0 saturated carbocycles. The normalized spacial score (nSPS) is 22.1. The lowest BCUT2D eigenvalue weighted by atomic mass is 9.93. The lowest BCUT2D eigenvalue weighted by molar-refractivity contribution is -0.138. The number of hydrogen-bond donors (Lipinski definition) is 0. The molecule has 134 valence electrons. The van der Waals surface area contributed by atoms with Crippen molar-refractivity contribution in [3.63, 3.8) is 0 Å². The first-order chi connectivity index (χ1) is 11.6. The smallest absolute Gasteiger partial charge is 0.243 e. The van der Waals surface area contributed by atoms with E-state index in [4.69, 9.17) is 4.52 Å². The quantitative estimate of drug-likeness (QED) is 0.847. The molecule has 1 unspecified atom stereocenters. The molecular weight excluding hydrogens is 304 g/mol. The van der Waals surface area contributed by atoms with E-state index in [2.05, 4.69) is 40.7 Å². The standard InChI is InChI=1S/C18H30N4O2/c1-13(2)16-19-17(24-20-16)14(3)21-11-7-15(8-12-21)18(23)22-9-5-4-6-10-22/h13-15H,4-12H2,1-3H3. The van der Waals surface area contributed by atoms with Crippen molar-refractivity contribution in [1.82, 2.24) is 19.9 Å². The van der Waals surface area contributed by atoms with Crippen LogP contribution in [0.15, 0.2) is 4.52 Å². The third kappa shape index (κ3) is 3.79. The lowest BCUT2D eigenvalue weighted by Crippen LogP contribution is -2.44. The van der Waals surface area contributed by atoms with Gasteiger partial charge in [0.05, 0.1) is 6.04 Å². The molecule has 2 saturated heterocycles. The number of likely N-dealkylation sites (tertiary alicyclic amines) is 2. The van der Waals surface area contributed by atoms with Gasteiger partial charge in [-0.15, -0.1) is 0 Å². The van der Waals surface area contributed by atoms with E-state index in [9.17, 15) is 4.79 Å². The Balaban J connectivity index is 1.53. The maximum atomic E-state index is 12.6. The van der Waals surface area contributed by atoms with Crippen molar-refractivity contribution in [3.8, 4) is 0 Å². The molecule has 0 spiro atoms. The summed E-state index contributed by atoms with van der Waals surface area (Å²) in [5, 5.41) is 4.06.